The maximum atomic E-state index is 2.51. The smallest absolute Gasteiger partial charge is 0.0474 e. The van der Waals surface area contributed by atoms with Crippen molar-refractivity contribution in [2.45, 2.75) is 79.1 Å². The topological polar surface area (TPSA) is 6.48 Å². The van der Waals surface area contributed by atoms with Crippen LogP contribution in [0.25, 0.3) is 33.0 Å². The average Bonchev–Trinajstić information content (AvgIpc) is 3.26. The summed E-state index contributed by atoms with van der Waals surface area (Å²) in [5.74, 6) is 0. The largest absolute Gasteiger partial charge is 0.310 e. The third-order valence-corrected chi connectivity index (χ3v) is 12.8. The van der Waals surface area contributed by atoms with E-state index in [9.17, 15) is 0 Å². The molecular formula is C58H54N2. The molecule has 0 amide bonds. The molecule has 10 rings (SSSR count). The molecule has 296 valence electrons. The first-order valence-electron chi connectivity index (χ1n) is 22.1. The zero-order chi connectivity index (χ0) is 40.7. The van der Waals surface area contributed by atoms with Gasteiger partial charge in [-0.15, -0.1) is 0 Å². The molecule has 8 aromatic rings. The molecule has 0 fully saturated rings. The van der Waals surface area contributed by atoms with Crippen molar-refractivity contribution in [1.29, 1.82) is 0 Å². The van der Waals surface area contributed by atoms with E-state index in [1.54, 1.807) is 0 Å². The van der Waals surface area contributed by atoms with Crippen molar-refractivity contribution in [3.63, 3.8) is 0 Å². The monoisotopic (exact) mass is 778 g/mol. The van der Waals surface area contributed by atoms with Crippen LogP contribution in [0.5, 0.6) is 0 Å². The quantitative estimate of drug-likeness (QED) is 0.152. The van der Waals surface area contributed by atoms with Crippen molar-refractivity contribution in [3.8, 4) is 22.3 Å². The maximum Gasteiger partial charge on any atom is 0.0474 e. The van der Waals surface area contributed by atoms with Gasteiger partial charge < -0.3 is 9.80 Å². The Morgan fingerprint density at radius 1 is 0.300 bits per heavy atom. The normalized spacial score (nSPS) is 13.5. The van der Waals surface area contributed by atoms with Crippen LogP contribution in [0.15, 0.2) is 158 Å². The maximum absolute atomic E-state index is 2.51. The molecule has 0 aliphatic heterocycles. The standard InChI is InChI=1S/C58H54N2/c1-39-27-40(2)30-51(29-39)59(49-25-23-43-15-11-13-21-47(43)33-49)53-35-55(45-17-7-5-8-18-45)58-38-54(36-56(57(58)37-53)46-19-9-6-10-20-46)60(52-31-41(3)28-42(4)32-52)50-26-24-44-16-12-14-22-48(44)34-50/h5-10,17-20,23-38H,11-16,21-22H2,1-4H3. The van der Waals surface area contributed by atoms with Crippen molar-refractivity contribution < 1.29 is 0 Å². The molecule has 0 saturated heterocycles. The van der Waals surface area contributed by atoms with Crippen LogP contribution in [0.1, 0.15) is 70.2 Å². The minimum absolute atomic E-state index is 1.14. The average molecular weight is 779 g/mol. The van der Waals surface area contributed by atoms with Gasteiger partial charge in [0.05, 0.1) is 0 Å². The molecule has 0 spiro atoms. The fraction of sp³-hybridized carbons (Fsp3) is 0.207. The number of fused-ring (bicyclic) bond motifs is 3. The van der Waals surface area contributed by atoms with Crippen molar-refractivity contribution in [3.05, 3.63) is 202 Å². The Hall–Kier alpha value is -6.38. The van der Waals surface area contributed by atoms with Crippen LogP contribution in [0, 0.1) is 27.7 Å². The summed E-state index contributed by atoms with van der Waals surface area (Å²) in [5.41, 5.74) is 23.0. The van der Waals surface area contributed by atoms with Crippen LogP contribution in [0.4, 0.5) is 34.1 Å². The summed E-state index contributed by atoms with van der Waals surface area (Å²) < 4.78 is 0. The Kier molecular flexibility index (Phi) is 10.1. The Balaban J connectivity index is 1.28. The van der Waals surface area contributed by atoms with Crippen LogP contribution in [-0.4, -0.2) is 0 Å². The lowest BCUT2D eigenvalue weighted by atomic mass is 9.89. The molecule has 0 radical (unpaired) electrons. The number of rotatable bonds is 8. The van der Waals surface area contributed by atoms with Gasteiger partial charge in [-0.25, -0.2) is 0 Å². The van der Waals surface area contributed by atoms with Crippen LogP contribution < -0.4 is 9.80 Å². The van der Waals surface area contributed by atoms with Gasteiger partial charge in [-0.1, -0.05) is 84.9 Å². The minimum atomic E-state index is 1.14. The van der Waals surface area contributed by atoms with Gasteiger partial charge in [0.15, 0.2) is 0 Å². The van der Waals surface area contributed by atoms with Crippen molar-refractivity contribution in [2.75, 3.05) is 9.80 Å². The minimum Gasteiger partial charge on any atom is -0.310 e. The number of aryl methyl sites for hydroxylation is 8. The van der Waals surface area contributed by atoms with E-state index in [0.717, 1.165) is 24.2 Å². The molecule has 0 unspecified atom stereocenters. The molecule has 2 nitrogen and oxygen atoms in total. The van der Waals surface area contributed by atoms with Gasteiger partial charge in [0.1, 0.15) is 0 Å². The molecule has 0 saturated carbocycles. The van der Waals surface area contributed by atoms with Crippen LogP contribution in [-0.2, 0) is 25.7 Å². The Bertz CT molecular complexity index is 2630. The van der Waals surface area contributed by atoms with E-state index in [1.807, 2.05) is 0 Å². The van der Waals surface area contributed by atoms with Crippen molar-refractivity contribution >= 4 is 44.9 Å². The van der Waals surface area contributed by atoms with E-state index >= 15 is 0 Å². The summed E-state index contributed by atoms with van der Waals surface area (Å²) in [5, 5.41) is 2.47. The molecule has 2 aliphatic rings. The molecule has 2 aliphatic carbocycles. The highest BCUT2D eigenvalue weighted by Crippen LogP contribution is 2.47. The highest BCUT2D eigenvalue weighted by Gasteiger charge is 2.24. The zero-order valence-corrected chi connectivity index (χ0v) is 35.6. The molecule has 60 heavy (non-hydrogen) atoms. The lowest BCUT2D eigenvalue weighted by Gasteiger charge is -2.31. The SMILES string of the molecule is Cc1cc(C)cc(N(c2ccc3c(c2)CCCC3)c2cc(-c3ccccc3)c3cc(N(c4cc(C)cc(C)c4)c4ccc5c(c4)CCCC5)cc(-c4ccccc4)c3c2)c1. The summed E-state index contributed by atoms with van der Waals surface area (Å²) >= 11 is 0. The first-order valence-corrected chi connectivity index (χ1v) is 22.1. The second-order valence-electron chi connectivity index (χ2n) is 17.5. The highest BCUT2D eigenvalue weighted by atomic mass is 15.1. The predicted molar refractivity (Wildman–Crippen MR) is 256 cm³/mol. The Morgan fingerprint density at radius 3 is 1.03 bits per heavy atom. The van der Waals surface area contributed by atoms with E-state index in [4.69, 9.17) is 0 Å². The molecule has 0 heterocycles. The number of nitrogens with zero attached hydrogens (tertiary/aromatic N) is 2. The zero-order valence-electron chi connectivity index (χ0n) is 35.6. The van der Waals surface area contributed by atoms with Crippen LogP contribution >= 0.6 is 0 Å². The van der Waals surface area contributed by atoms with E-state index in [0.29, 0.717) is 0 Å². The lowest BCUT2D eigenvalue weighted by Crippen LogP contribution is -2.13. The summed E-state index contributed by atoms with van der Waals surface area (Å²) in [6.45, 7) is 8.87. The summed E-state index contributed by atoms with van der Waals surface area (Å²) in [6.07, 6.45) is 9.66. The van der Waals surface area contributed by atoms with Gasteiger partial charge in [-0.3, -0.25) is 0 Å². The van der Waals surface area contributed by atoms with Gasteiger partial charge in [-0.05, 0) is 229 Å². The van der Waals surface area contributed by atoms with Crippen molar-refractivity contribution in [1.82, 2.24) is 0 Å². The number of hydrogen-bond donors (Lipinski definition) is 0. The van der Waals surface area contributed by atoms with Gasteiger partial charge in [0.2, 0.25) is 0 Å². The fourth-order valence-electron chi connectivity index (χ4n) is 10.2. The molecule has 0 N–H and O–H groups in total. The molecule has 0 bridgehead atoms. The summed E-state index contributed by atoms with van der Waals surface area (Å²) in [7, 11) is 0. The van der Waals surface area contributed by atoms with Crippen LogP contribution in [0.3, 0.4) is 0 Å². The first-order chi connectivity index (χ1) is 29.3. The fourth-order valence-corrected chi connectivity index (χ4v) is 10.2. The van der Waals surface area contributed by atoms with Crippen LogP contribution in [0.2, 0.25) is 0 Å². The second-order valence-corrected chi connectivity index (χ2v) is 17.5. The van der Waals surface area contributed by atoms with E-state index < -0.39 is 0 Å². The lowest BCUT2D eigenvalue weighted by molar-refractivity contribution is 0.685. The molecule has 2 heteroatoms. The van der Waals surface area contributed by atoms with Gasteiger partial charge >= 0.3 is 0 Å². The molecule has 8 aromatic carbocycles. The van der Waals surface area contributed by atoms with E-state index in [2.05, 4.69) is 195 Å². The van der Waals surface area contributed by atoms with Gasteiger partial charge in [-0.2, -0.15) is 0 Å². The first kappa shape index (κ1) is 37.9. The molecule has 0 atom stereocenters. The number of hydrogen-bond acceptors (Lipinski definition) is 2. The summed E-state index contributed by atoms with van der Waals surface area (Å²) in [6, 6.07) is 60.3. The predicted octanol–water partition coefficient (Wildman–Crippen LogP) is 16.1. The van der Waals surface area contributed by atoms with Crippen molar-refractivity contribution in [2.24, 2.45) is 0 Å². The number of anilines is 6. The van der Waals surface area contributed by atoms with Gasteiger partial charge in [0.25, 0.3) is 0 Å². The molecule has 0 aromatic heterocycles. The Morgan fingerprint density at radius 2 is 0.650 bits per heavy atom. The Labute approximate surface area is 356 Å². The van der Waals surface area contributed by atoms with E-state index in [1.165, 1.54) is 139 Å². The second kappa shape index (κ2) is 16.0. The summed E-state index contributed by atoms with van der Waals surface area (Å²) in [4.78, 5) is 5.02. The third kappa shape index (κ3) is 7.41. The molecular weight excluding hydrogens is 725 g/mol. The van der Waals surface area contributed by atoms with E-state index in [-0.39, 0.29) is 0 Å². The highest BCUT2D eigenvalue weighted by molar-refractivity contribution is 6.10. The third-order valence-electron chi connectivity index (χ3n) is 12.8. The van der Waals surface area contributed by atoms with Gasteiger partial charge in [0, 0.05) is 34.1 Å². The number of benzene rings is 8.